The highest BCUT2D eigenvalue weighted by molar-refractivity contribution is 7.13. The molecule has 2 aromatic heterocycles. The Hall–Kier alpha value is -1.66. The molecule has 2 heterocycles. The van der Waals surface area contributed by atoms with Crippen LogP contribution in [0.25, 0.3) is 10.6 Å². The summed E-state index contributed by atoms with van der Waals surface area (Å²) in [6, 6.07) is 3.79. The van der Waals surface area contributed by atoms with Crippen LogP contribution in [0.3, 0.4) is 0 Å². The standard InChI is InChI=1S/C14H16N2O3S/c1-16(7-10(17)9-4-5-9)14(18)12-13(19-8-15-12)11-3-2-6-20-11/h2-3,6,8-10,17H,4-5,7H2,1H3. The largest absolute Gasteiger partial charge is 0.442 e. The van der Waals surface area contributed by atoms with Crippen molar-refractivity contribution in [2.75, 3.05) is 13.6 Å². The van der Waals surface area contributed by atoms with Crippen LogP contribution < -0.4 is 0 Å². The van der Waals surface area contributed by atoms with Crippen molar-refractivity contribution in [2.24, 2.45) is 5.92 Å². The topological polar surface area (TPSA) is 66.6 Å². The predicted octanol–water partition coefficient (Wildman–Crippen LogP) is 2.25. The average Bonchev–Trinajstić information content (AvgIpc) is 2.96. The molecule has 20 heavy (non-hydrogen) atoms. The Morgan fingerprint density at radius 2 is 2.45 bits per heavy atom. The SMILES string of the molecule is CN(CC(O)C1CC1)C(=O)c1ncoc1-c1cccs1. The van der Waals surface area contributed by atoms with Crippen molar-refractivity contribution in [3.63, 3.8) is 0 Å². The maximum Gasteiger partial charge on any atom is 0.276 e. The highest BCUT2D eigenvalue weighted by Crippen LogP contribution is 2.33. The van der Waals surface area contributed by atoms with Gasteiger partial charge in [0.05, 0.1) is 11.0 Å². The molecule has 0 bridgehead atoms. The van der Waals surface area contributed by atoms with E-state index in [4.69, 9.17) is 4.42 Å². The van der Waals surface area contributed by atoms with E-state index in [9.17, 15) is 9.90 Å². The molecule has 1 atom stereocenters. The van der Waals surface area contributed by atoms with Gasteiger partial charge in [0, 0.05) is 13.6 Å². The van der Waals surface area contributed by atoms with Crippen molar-refractivity contribution >= 4 is 17.2 Å². The van der Waals surface area contributed by atoms with Crippen LogP contribution >= 0.6 is 11.3 Å². The molecule has 0 spiro atoms. The summed E-state index contributed by atoms with van der Waals surface area (Å²) in [5.74, 6) is 0.624. The molecule has 0 saturated heterocycles. The zero-order valence-electron chi connectivity index (χ0n) is 11.2. The van der Waals surface area contributed by atoms with Crippen LogP contribution in [0.2, 0.25) is 0 Å². The number of likely N-dealkylation sites (N-methyl/N-ethyl adjacent to an activating group) is 1. The van der Waals surface area contributed by atoms with Crippen molar-refractivity contribution in [3.8, 4) is 10.6 Å². The molecule has 0 radical (unpaired) electrons. The van der Waals surface area contributed by atoms with Crippen LogP contribution in [0.4, 0.5) is 0 Å². The smallest absolute Gasteiger partial charge is 0.276 e. The van der Waals surface area contributed by atoms with Gasteiger partial charge in [-0.25, -0.2) is 4.98 Å². The molecule has 3 rings (SSSR count). The first-order valence-corrected chi connectivity index (χ1v) is 7.45. The molecular formula is C14H16N2O3S. The highest BCUT2D eigenvalue weighted by Gasteiger charge is 2.32. The van der Waals surface area contributed by atoms with Gasteiger partial charge in [-0.1, -0.05) is 6.07 Å². The Kier molecular flexibility index (Phi) is 3.58. The second-order valence-electron chi connectivity index (χ2n) is 5.10. The van der Waals surface area contributed by atoms with Gasteiger partial charge in [-0.2, -0.15) is 0 Å². The van der Waals surface area contributed by atoms with E-state index in [2.05, 4.69) is 4.98 Å². The van der Waals surface area contributed by atoms with Gasteiger partial charge in [-0.15, -0.1) is 11.3 Å². The van der Waals surface area contributed by atoms with Gasteiger partial charge in [0.2, 0.25) is 0 Å². The second kappa shape index (κ2) is 5.38. The second-order valence-corrected chi connectivity index (χ2v) is 6.05. The third-order valence-electron chi connectivity index (χ3n) is 3.49. The summed E-state index contributed by atoms with van der Waals surface area (Å²) in [5, 5.41) is 11.8. The van der Waals surface area contributed by atoms with Gasteiger partial charge in [0.25, 0.3) is 5.91 Å². The number of hydrogen-bond acceptors (Lipinski definition) is 5. The van der Waals surface area contributed by atoms with Crippen molar-refractivity contribution in [2.45, 2.75) is 18.9 Å². The van der Waals surface area contributed by atoms with E-state index in [1.807, 2.05) is 17.5 Å². The maximum atomic E-state index is 12.4. The van der Waals surface area contributed by atoms with E-state index in [0.29, 0.717) is 23.9 Å². The summed E-state index contributed by atoms with van der Waals surface area (Å²) in [7, 11) is 1.68. The lowest BCUT2D eigenvalue weighted by atomic mass is 10.2. The molecule has 0 aliphatic heterocycles. The zero-order valence-corrected chi connectivity index (χ0v) is 12.0. The number of aliphatic hydroxyl groups excluding tert-OH is 1. The van der Waals surface area contributed by atoms with E-state index in [1.165, 1.54) is 22.6 Å². The number of oxazole rings is 1. The van der Waals surface area contributed by atoms with Crippen LogP contribution in [0.1, 0.15) is 23.3 Å². The molecule has 5 nitrogen and oxygen atoms in total. The Labute approximate surface area is 120 Å². The van der Waals surface area contributed by atoms with Crippen LogP contribution in [0.15, 0.2) is 28.3 Å². The van der Waals surface area contributed by atoms with Crippen molar-refractivity contribution in [3.05, 3.63) is 29.6 Å². The fraction of sp³-hybridized carbons (Fsp3) is 0.429. The molecule has 1 aliphatic carbocycles. The quantitative estimate of drug-likeness (QED) is 0.918. The lowest BCUT2D eigenvalue weighted by Gasteiger charge is -2.19. The van der Waals surface area contributed by atoms with Gasteiger partial charge < -0.3 is 14.4 Å². The molecule has 1 amide bonds. The fourth-order valence-electron chi connectivity index (χ4n) is 2.16. The van der Waals surface area contributed by atoms with Gasteiger partial charge in [0.15, 0.2) is 17.8 Å². The van der Waals surface area contributed by atoms with Gasteiger partial charge >= 0.3 is 0 Å². The van der Waals surface area contributed by atoms with Gasteiger partial charge in [-0.3, -0.25) is 4.79 Å². The number of amides is 1. The Morgan fingerprint density at radius 1 is 1.65 bits per heavy atom. The van der Waals surface area contributed by atoms with E-state index in [0.717, 1.165) is 17.7 Å². The van der Waals surface area contributed by atoms with Crippen molar-refractivity contribution in [1.29, 1.82) is 0 Å². The third-order valence-corrected chi connectivity index (χ3v) is 4.36. The molecule has 1 aliphatic rings. The number of rotatable bonds is 5. The van der Waals surface area contributed by atoms with Gasteiger partial charge in [-0.05, 0) is 30.2 Å². The van der Waals surface area contributed by atoms with Crippen LogP contribution in [0, 0.1) is 5.92 Å². The van der Waals surface area contributed by atoms with Crippen molar-refractivity contribution in [1.82, 2.24) is 9.88 Å². The molecule has 0 aromatic carbocycles. The van der Waals surface area contributed by atoms with Gasteiger partial charge in [0.1, 0.15) is 0 Å². The normalized spacial score (nSPS) is 16.1. The first-order valence-electron chi connectivity index (χ1n) is 6.57. The average molecular weight is 292 g/mol. The number of nitrogens with zero attached hydrogens (tertiary/aromatic N) is 2. The fourth-order valence-corrected chi connectivity index (χ4v) is 2.87. The van der Waals surface area contributed by atoms with Crippen molar-refractivity contribution < 1.29 is 14.3 Å². The summed E-state index contributed by atoms with van der Waals surface area (Å²) in [5.41, 5.74) is 0.304. The van der Waals surface area contributed by atoms with E-state index < -0.39 is 6.10 Å². The molecule has 106 valence electrons. The van der Waals surface area contributed by atoms with E-state index in [1.54, 1.807) is 7.05 Å². The summed E-state index contributed by atoms with van der Waals surface area (Å²) in [4.78, 5) is 18.8. The lowest BCUT2D eigenvalue weighted by molar-refractivity contribution is 0.0641. The number of carbonyl (C=O) groups excluding carboxylic acids is 1. The molecule has 1 fully saturated rings. The van der Waals surface area contributed by atoms with Crippen LogP contribution in [-0.2, 0) is 0 Å². The minimum Gasteiger partial charge on any atom is -0.442 e. The summed E-state index contributed by atoms with van der Waals surface area (Å²) < 4.78 is 5.33. The monoisotopic (exact) mass is 292 g/mol. The predicted molar refractivity (Wildman–Crippen MR) is 75.5 cm³/mol. The minimum absolute atomic E-state index is 0.221. The Morgan fingerprint density at radius 3 is 3.10 bits per heavy atom. The first-order chi connectivity index (χ1) is 9.66. The van der Waals surface area contributed by atoms with Crippen LogP contribution in [-0.4, -0.2) is 40.6 Å². The van der Waals surface area contributed by atoms with E-state index in [-0.39, 0.29) is 5.91 Å². The first kappa shape index (κ1) is 13.3. The number of aliphatic hydroxyl groups is 1. The summed E-state index contributed by atoms with van der Waals surface area (Å²) in [6.07, 6.45) is 2.94. The number of aromatic nitrogens is 1. The molecule has 1 N–H and O–H groups in total. The summed E-state index contributed by atoms with van der Waals surface area (Å²) >= 11 is 1.50. The molecule has 1 saturated carbocycles. The van der Waals surface area contributed by atoms with E-state index >= 15 is 0 Å². The Bertz CT molecular complexity index is 589. The third kappa shape index (κ3) is 2.62. The molecule has 6 heteroatoms. The highest BCUT2D eigenvalue weighted by atomic mass is 32.1. The molecular weight excluding hydrogens is 276 g/mol. The zero-order chi connectivity index (χ0) is 14.1. The number of carbonyl (C=O) groups is 1. The van der Waals surface area contributed by atoms with Crippen LogP contribution in [0.5, 0.6) is 0 Å². The number of thiophene rings is 1. The lowest BCUT2D eigenvalue weighted by Crippen LogP contribution is -2.35. The molecule has 1 unspecified atom stereocenters. The summed E-state index contributed by atoms with van der Waals surface area (Å²) in [6.45, 7) is 0.334. The Balaban J connectivity index is 1.75. The minimum atomic E-state index is -0.443. The maximum absolute atomic E-state index is 12.4. The number of hydrogen-bond donors (Lipinski definition) is 1. The molecule has 2 aromatic rings.